The number of aromatic nitrogens is 1. The van der Waals surface area contributed by atoms with E-state index in [9.17, 15) is 13.6 Å². The molecule has 0 aliphatic rings. The summed E-state index contributed by atoms with van der Waals surface area (Å²) in [5.41, 5.74) is 1.06. The SMILES string of the molecule is O=C(Nc1nc(-c2cc3ccccc3o2)cs1)c1ccc(F)cc1F. The number of benzene rings is 2. The van der Waals surface area contributed by atoms with E-state index in [1.54, 1.807) is 5.38 Å². The number of carbonyl (C=O) groups excluding carboxylic acids is 1. The van der Waals surface area contributed by atoms with Crippen LogP contribution >= 0.6 is 11.3 Å². The number of amides is 1. The molecule has 0 fully saturated rings. The standard InChI is InChI=1S/C18H10F2N2O2S/c19-11-5-6-12(13(20)8-11)17(23)22-18-21-14(9-25-18)16-7-10-3-1-2-4-15(10)24-16/h1-9H,(H,21,22,23). The van der Waals surface area contributed by atoms with Gasteiger partial charge in [0.1, 0.15) is 22.9 Å². The van der Waals surface area contributed by atoms with Gasteiger partial charge in [-0.2, -0.15) is 0 Å². The molecule has 25 heavy (non-hydrogen) atoms. The number of halogens is 2. The highest BCUT2D eigenvalue weighted by Crippen LogP contribution is 2.30. The lowest BCUT2D eigenvalue weighted by molar-refractivity contribution is 0.102. The second-order valence-corrected chi connectivity index (χ2v) is 6.12. The lowest BCUT2D eigenvalue weighted by Gasteiger charge is -2.02. The predicted octanol–water partition coefficient (Wildman–Crippen LogP) is 5.09. The molecular formula is C18H10F2N2O2S. The van der Waals surface area contributed by atoms with Gasteiger partial charge in [0.15, 0.2) is 10.9 Å². The molecule has 0 radical (unpaired) electrons. The molecule has 2 aromatic carbocycles. The summed E-state index contributed by atoms with van der Waals surface area (Å²) in [4.78, 5) is 16.4. The number of fused-ring (bicyclic) bond motifs is 1. The maximum atomic E-state index is 13.7. The van der Waals surface area contributed by atoms with E-state index in [0.717, 1.165) is 23.1 Å². The fraction of sp³-hybridized carbons (Fsp3) is 0. The molecule has 0 unspecified atom stereocenters. The van der Waals surface area contributed by atoms with E-state index in [-0.39, 0.29) is 5.56 Å². The monoisotopic (exact) mass is 356 g/mol. The first-order valence-corrected chi connectivity index (χ1v) is 8.19. The zero-order valence-corrected chi connectivity index (χ0v) is 13.4. The van der Waals surface area contributed by atoms with Gasteiger partial charge in [0.05, 0.1) is 5.56 Å². The van der Waals surface area contributed by atoms with Crippen LogP contribution in [-0.4, -0.2) is 10.9 Å². The molecule has 0 aliphatic carbocycles. The van der Waals surface area contributed by atoms with Crippen molar-refractivity contribution in [3.8, 4) is 11.5 Å². The molecule has 0 spiro atoms. The molecule has 0 bridgehead atoms. The molecule has 7 heteroatoms. The number of hydrogen-bond acceptors (Lipinski definition) is 4. The summed E-state index contributed by atoms with van der Waals surface area (Å²) in [7, 11) is 0. The topological polar surface area (TPSA) is 55.1 Å². The molecule has 0 saturated carbocycles. The second-order valence-electron chi connectivity index (χ2n) is 5.26. The summed E-state index contributed by atoms with van der Waals surface area (Å²) in [6.07, 6.45) is 0. The highest BCUT2D eigenvalue weighted by Gasteiger charge is 2.15. The number of thiazole rings is 1. The van der Waals surface area contributed by atoms with Crippen molar-refractivity contribution in [1.82, 2.24) is 4.98 Å². The molecule has 4 rings (SSSR count). The predicted molar refractivity (Wildman–Crippen MR) is 91.6 cm³/mol. The lowest BCUT2D eigenvalue weighted by atomic mass is 10.2. The van der Waals surface area contributed by atoms with Gasteiger partial charge < -0.3 is 4.42 Å². The molecule has 2 heterocycles. The Labute approximate surface area is 144 Å². The molecule has 0 atom stereocenters. The van der Waals surface area contributed by atoms with Crippen molar-refractivity contribution in [2.45, 2.75) is 0 Å². The Morgan fingerprint density at radius 2 is 1.96 bits per heavy atom. The number of para-hydroxylation sites is 1. The molecule has 0 aliphatic heterocycles. The Morgan fingerprint density at radius 3 is 2.76 bits per heavy atom. The maximum Gasteiger partial charge on any atom is 0.260 e. The van der Waals surface area contributed by atoms with Crippen molar-refractivity contribution in [3.63, 3.8) is 0 Å². The van der Waals surface area contributed by atoms with Gasteiger partial charge in [-0.25, -0.2) is 13.8 Å². The van der Waals surface area contributed by atoms with Crippen LogP contribution in [0.15, 0.2) is 58.3 Å². The summed E-state index contributed by atoms with van der Waals surface area (Å²) in [6.45, 7) is 0. The van der Waals surface area contributed by atoms with Gasteiger partial charge in [-0.15, -0.1) is 11.3 Å². The van der Waals surface area contributed by atoms with Crippen LogP contribution in [0.4, 0.5) is 13.9 Å². The number of anilines is 1. The fourth-order valence-corrected chi connectivity index (χ4v) is 3.09. The number of carbonyl (C=O) groups is 1. The Kier molecular flexibility index (Phi) is 3.77. The largest absolute Gasteiger partial charge is 0.454 e. The molecule has 0 saturated heterocycles. The van der Waals surface area contributed by atoms with Crippen LogP contribution in [0.3, 0.4) is 0 Å². The zero-order valence-electron chi connectivity index (χ0n) is 12.6. The summed E-state index contributed by atoms with van der Waals surface area (Å²) in [5, 5.41) is 5.48. The molecular weight excluding hydrogens is 346 g/mol. The van der Waals surface area contributed by atoms with E-state index < -0.39 is 17.5 Å². The molecule has 124 valence electrons. The highest BCUT2D eigenvalue weighted by atomic mass is 32.1. The van der Waals surface area contributed by atoms with Gasteiger partial charge >= 0.3 is 0 Å². The van der Waals surface area contributed by atoms with Crippen molar-refractivity contribution in [2.75, 3.05) is 5.32 Å². The third-order valence-corrected chi connectivity index (χ3v) is 4.34. The van der Waals surface area contributed by atoms with Crippen LogP contribution in [0.5, 0.6) is 0 Å². The smallest absolute Gasteiger partial charge is 0.260 e. The van der Waals surface area contributed by atoms with Gasteiger partial charge in [0.25, 0.3) is 5.91 Å². The summed E-state index contributed by atoms with van der Waals surface area (Å²) in [5.74, 6) is -1.78. The lowest BCUT2D eigenvalue weighted by Crippen LogP contribution is -2.13. The van der Waals surface area contributed by atoms with E-state index >= 15 is 0 Å². The third kappa shape index (κ3) is 3.01. The molecule has 4 nitrogen and oxygen atoms in total. The number of furan rings is 1. The first kappa shape index (κ1) is 15.5. The van der Waals surface area contributed by atoms with Crippen LogP contribution in [0.1, 0.15) is 10.4 Å². The number of nitrogens with one attached hydrogen (secondary N) is 1. The van der Waals surface area contributed by atoms with Gasteiger partial charge in [-0.1, -0.05) is 18.2 Å². The van der Waals surface area contributed by atoms with Crippen molar-refractivity contribution in [3.05, 3.63) is 71.1 Å². The quantitative estimate of drug-likeness (QED) is 0.556. The second kappa shape index (κ2) is 6.10. The normalized spacial score (nSPS) is 11.0. The van der Waals surface area contributed by atoms with E-state index in [4.69, 9.17) is 4.42 Å². The van der Waals surface area contributed by atoms with Gasteiger partial charge in [0, 0.05) is 16.8 Å². The van der Waals surface area contributed by atoms with Crippen molar-refractivity contribution < 1.29 is 18.0 Å². The maximum absolute atomic E-state index is 13.7. The molecule has 1 amide bonds. The molecule has 4 aromatic rings. The zero-order chi connectivity index (χ0) is 17.4. The van der Waals surface area contributed by atoms with Crippen LogP contribution in [0.25, 0.3) is 22.4 Å². The highest BCUT2D eigenvalue weighted by molar-refractivity contribution is 7.14. The Hall–Kier alpha value is -3.06. The van der Waals surface area contributed by atoms with Crippen LogP contribution in [-0.2, 0) is 0 Å². The number of nitrogens with zero attached hydrogens (tertiary/aromatic N) is 1. The van der Waals surface area contributed by atoms with Gasteiger partial charge in [-0.3, -0.25) is 10.1 Å². The average molecular weight is 356 g/mol. The Morgan fingerprint density at radius 1 is 1.12 bits per heavy atom. The number of rotatable bonds is 3. The summed E-state index contributed by atoms with van der Waals surface area (Å²) < 4.78 is 32.3. The fourth-order valence-electron chi connectivity index (χ4n) is 2.39. The average Bonchev–Trinajstić information content (AvgIpc) is 3.20. The Bertz CT molecular complexity index is 1050. The van der Waals surface area contributed by atoms with Gasteiger partial charge in [-0.05, 0) is 24.3 Å². The summed E-state index contributed by atoms with van der Waals surface area (Å²) in [6, 6.07) is 12.2. The minimum absolute atomic E-state index is 0.248. The van der Waals surface area contributed by atoms with E-state index in [2.05, 4.69) is 10.3 Å². The van der Waals surface area contributed by atoms with E-state index in [0.29, 0.717) is 22.7 Å². The minimum atomic E-state index is -0.924. The van der Waals surface area contributed by atoms with E-state index in [1.165, 1.54) is 11.3 Å². The van der Waals surface area contributed by atoms with Gasteiger partial charge in [0.2, 0.25) is 0 Å². The van der Waals surface area contributed by atoms with Crippen LogP contribution in [0.2, 0.25) is 0 Å². The first-order chi connectivity index (χ1) is 12.1. The molecule has 2 aromatic heterocycles. The number of hydrogen-bond donors (Lipinski definition) is 1. The molecule has 1 N–H and O–H groups in total. The van der Waals surface area contributed by atoms with Crippen LogP contribution in [0, 0.1) is 11.6 Å². The minimum Gasteiger partial charge on any atom is -0.454 e. The van der Waals surface area contributed by atoms with Crippen LogP contribution < -0.4 is 5.32 Å². The van der Waals surface area contributed by atoms with E-state index in [1.807, 2.05) is 30.3 Å². The summed E-state index contributed by atoms with van der Waals surface area (Å²) >= 11 is 1.19. The first-order valence-electron chi connectivity index (χ1n) is 7.31. The Balaban J connectivity index is 1.57. The van der Waals surface area contributed by atoms with Crippen molar-refractivity contribution in [1.29, 1.82) is 0 Å². The third-order valence-electron chi connectivity index (χ3n) is 3.58. The van der Waals surface area contributed by atoms with Crippen molar-refractivity contribution in [2.24, 2.45) is 0 Å². The van der Waals surface area contributed by atoms with Crippen molar-refractivity contribution >= 4 is 33.3 Å².